The Hall–Kier alpha value is -3.86. The number of nitrogens with one attached hydrogen (secondary N) is 2. The smallest absolute Gasteiger partial charge is 0.273 e. The highest BCUT2D eigenvalue weighted by Crippen LogP contribution is 2.36. The first-order valence-corrected chi connectivity index (χ1v) is 9.81. The van der Waals surface area contributed by atoms with Crippen molar-refractivity contribution in [2.24, 2.45) is 0 Å². The summed E-state index contributed by atoms with van der Waals surface area (Å²) in [5, 5.41) is 15.5. The lowest BCUT2D eigenvalue weighted by Crippen LogP contribution is -2.19. The molecule has 2 aromatic carbocycles. The predicted octanol–water partition coefficient (Wildman–Crippen LogP) is 4.83. The summed E-state index contributed by atoms with van der Waals surface area (Å²) < 4.78 is 5.72. The number of aryl methyl sites for hydroxylation is 1. The lowest BCUT2D eigenvalue weighted by atomic mass is 9.96. The number of hydrogen-bond donors (Lipinski definition) is 2. The number of nitrogens with zero attached hydrogens (tertiary/aromatic N) is 1. The van der Waals surface area contributed by atoms with E-state index in [0.29, 0.717) is 12.1 Å². The van der Waals surface area contributed by atoms with Gasteiger partial charge in [-0.2, -0.15) is 0 Å². The van der Waals surface area contributed by atoms with Gasteiger partial charge in [0.25, 0.3) is 5.82 Å². The van der Waals surface area contributed by atoms with E-state index in [2.05, 4.69) is 21.9 Å². The largest absolute Gasteiger partial charge is 0.505 e. The third-order valence-corrected chi connectivity index (χ3v) is 4.91. The van der Waals surface area contributed by atoms with Crippen molar-refractivity contribution in [3.63, 3.8) is 0 Å². The number of aromatic hydroxyl groups is 1. The molecule has 30 heavy (non-hydrogen) atoms. The van der Waals surface area contributed by atoms with Gasteiger partial charge < -0.3 is 9.84 Å². The molecule has 0 saturated heterocycles. The maximum atomic E-state index is 11.1. The van der Waals surface area contributed by atoms with E-state index >= 15 is 0 Å². The van der Waals surface area contributed by atoms with Crippen molar-refractivity contribution < 1.29 is 14.8 Å². The third kappa shape index (κ3) is 4.10. The summed E-state index contributed by atoms with van der Waals surface area (Å²) in [6, 6.07) is 19.3. The second-order valence-corrected chi connectivity index (χ2v) is 7.11. The zero-order valence-corrected chi connectivity index (χ0v) is 16.8. The molecule has 0 aliphatic heterocycles. The van der Waals surface area contributed by atoms with Crippen LogP contribution >= 0.6 is 0 Å². The molecule has 0 fully saturated rings. The molecule has 0 bridgehead atoms. The van der Waals surface area contributed by atoms with E-state index in [1.165, 1.54) is 0 Å². The summed E-state index contributed by atoms with van der Waals surface area (Å²) in [4.78, 5) is 7.61. The quantitative estimate of drug-likeness (QED) is 0.438. The van der Waals surface area contributed by atoms with Crippen molar-refractivity contribution in [3.8, 4) is 11.5 Å². The fourth-order valence-corrected chi connectivity index (χ4v) is 3.48. The van der Waals surface area contributed by atoms with Crippen LogP contribution in [0.25, 0.3) is 10.9 Å². The average Bonchev–Trinajstić information content (AvgIpc) is 2.77. The van der Waals surface area contributed by atoms with Gasteiger partial charge >= 0.3 is 0 Å². The highest BCUT2D eigenvalue weighted by atomic mass is 16.5. The van der Waals surface area contributed by atoms with E-state index in [1.807, 2.05) is 73.8 Å². The molecule has 3 N–H and O–H groups in total. The highest BCUT2D eigenvalue weighted by molar-refractivity contribution is 5.86. The van der Waals surface area contributed by atoms with Crippen LogP contribution in [0.3, 0.4) is 0 Å². The van der Waals surface area contributed by atoms with Crippen molar-refractivity contribution in [2.45, 2.75) is 13.0 Å². The van der Waals surface area contributed by atoms with Gasteiger partial charge in [0.2, 0.25) is 0 Å². The van der Waals surface area contributed by atoms with Gasteiger partial charge in [0.1, 0.15) is 29.7 Å². The van der Waals surface area contributed by atoms with E-state index in [1.54, 1.807) is 12.3 Å². The van der Waals surface area contributed by atoms with Gasteiger partial charge in [-0.1, -0.05) is 36.9 Å². The summed E-state index contributed by atoms with van der Waals surface area (Å²) >= 11 is 0. The van der Waals surface area contributed by atoms with Crippen molar-refractivity contribution in [1.29, 1.82) is 0 Å². The normalized spacial score (nSPS) is 11.8. The molecule has 150 valence electrons. The molecule has 1 atom stereocenters. The number of rotatable bonds is 7. The fraction of sp³-hybridized carbons (Fsp3) is 0.120. The lowest BCUT2D eigenvalue weighted by molar-refractivity contribution is -0.361. The first kappa shape index (κ1) is 19.5. The first-order chi connectivity index (χ1) is 14.7. The number of aromatic nitrogens is 2. The molecule has 5 heteroatoms. The number of aromatic amines is 1. The topological polar surface area (TPSA) is 68.5 Å². The summed E-state index contributed by atoms with van der Waals surface area (Å²) in [5.41, 5.74) is 3.39. The molecule has 0 amide bonds. The van der Waals surface area contributed by atoms with Crippen molar-refractivity contribution in [3.05, 3.63) is 102 Å². The van der Waals surface area contributed by atoms with Gasteiger partial charge in [-0.05, 0) is 42.8 Å². The molecule has 0 spiro atoms. The van der Waals surface area contributed by atoms with Gasteiger partial charge in [0.05, 0.1) is 6.20 Å². The van der Waals surface area contributed by atoms with Gasteiger partial charge in [-0.15, -0.1) is 0 Å². The molecule has 4 rings (SSSR count). The number of pyridine rings is 2. The van der Waals surface area contributed by atoms with Crippen LogP contribution in [0.5, 0.6) is 11.5 Å². The van der Waals surface area contributed by atoms with Crippen LogP contribution < -0.4 is 15.0 Å². The minimum atomic E-state index is -0.318. The second-order valence-electron chi connectivity index (χ2n) is 7.11. The molecular formula is C25H24N3O2+. The summed E-state index contributed by atoms with van der Waals surface area (Å²) in [6.45, 7) is 6.17. The first-order valence-electron chi connectivity index (χ1n) is 9.81. The number of benzene rings is 2. The Morgan fingerprint density at radius 3 is 2.90 bits per heavy atom. The van der Waals surface area contributed by atoms with Crippen molar-refractivity contribution >= 4 is 16.7 Å². The Kier molecular flexibility index (Phi) is 5.61. The molecule has 2 aromatic heterocycles. The summed E-state index contributed by atoms with van der Waals surface area (Å²) in [5.74, 6) is 1.75. The number of ether oxygens (including phenoxy) is 1. The van der Waals surface area contributed by atoms with Gasteiger partial charge in [0, 0.05) is 28.8 Å². The molecule has 2 heterocycles. The number of H-pyrrole nitrogens is 1. The number of phenolic OH excluding ortho intramolecular Hbond substituents is 1. The molecule has 0 aliphatic rings. The molecule has 5 nitrogen and oxygen atoms in total. The Bertz CT molecular complexity index is 1190. The number of fused-ring (bicyclic) bond motifs is 1. The maximum Gasteiger partial charge on any atom is 0.273 e. The third-order valence-electron chi connectivity index (χ3n) is 4.91. The van der Waals surface area contributed by atoms with Gasteiger partial charge in [-0.25, -0.2) is 4.98 Å². The Labute approximate surface area is 175 Å². The zero-order chi connectivity index (χ0) is 20.9. The van der Waals surface area contributed by atoms with Gasteiger partial charge in [0.15, 0.2) is 0 Å². The molecule has 0 saturated carbocycles. The average molecular weight is 398 g/mol. The lowest BCUT2D eigenvalue weighted by Gasteiger charge is -2.18. The SMILES string of the molecule is C=CCOc1cccc([C@H](Nc2cc(C)cc[nH+]2)c2ccc3cccnc3c2O)c1. The second kappa shape index (κ2) is 8.66. The standard InChI is InChI=1S/C25H23N3O2/c1-3-14-30-20-8-4-6-19(16-20)23(28-22-15-17(2)11-13-26-22)21-10-9-18-7-5-12-27-24(18)25(21)29/h3-13,15-16,23,29H,1,14H2,2H3,(H,26,28)/p+1/t23-/m0/s1. The van der Waals surface area contributed by atoms with E-state index in [9.17, 15) is 5.11 Å². The number of hydrogen-bond acceptors (Lipinski definition) is 4. The predicted molar refractivity (Wildman–Crippen MR) is 119 cm³/mol. The van der Waals surface area contributed by atoms with Crippen LogP contribution in [0.4, 0.5) is 5.82 Å². The molecule has 0 unspecified atom stereocenters. The molecule has 0 aliphatic carbocycles. The highest BCUT2D eigenvalue weighted by Gasteiger charge is 2.24. The van der Waals surface area contributed by atoms with Crippen LogP contribution in [-0.2, 0) is 0 Å². The van der Waals surface area contributed by atoms with E-state index in [4.69, 9.17) is 4.74 Å². The molecule has 0 radical (unpaired) electrons. The van der Waals surface area contributed by atoms with Crippen LogP contribution in [0.2, 0.25) is 0 Å². The van der Waals surface area contributed by atoms with Crippen LogP contribution in [-0.4, -0.2) is 16.7 Å². The minimum absolute atomic E-state index is 0.163. The molecular weight excluding hydrogens is 374 g/mol. The Balaban J connectivity index is 1.82. The zero-order valence-electron chi connectivity index (χ0n) is 16.8. The number of anilines is 1. The fourth-order valence-electron chi connectivity index (χ4n) is 3.48. The van der Waals surface area contributed by atoms with Crippen molar-refractivity contribution in [1.82, 2.24) is 4.98 Å². The van der Waals surface area contributed by atoms with Crippen molar-refractivity contribution in [2.75, 3.05) is 11.9 Å². The van der Waals surface area contributed by atoms with E-state index in [-0.39, 0.29) is 11.8 Å². The Morgan fingerprint density at radius 1 is 1.17 bits per heavy atom. The Morgan fingerprint density at radius 2 is 2.07 bits per heavy atom. The monoisotopic (exact) mass is 398 g/mol. The van der Waals surface area contributed by atoms with Crippen LogP contribution in [0.15, 0.2) is 85.7 Å². The van der Waals surface area contributed by atoms with Crippen LogP contribution in [0.1, 0.15) is 22.7 Å². The van der Waals surface area contributed by atoms with Gasteiger partial charge in [-0.3, -0.25) is 10.3 Å². The van der Waals surface area contributed by atoms with Crippen LogP contribution in [0, 0.1) is 6.92 Å². The summed E-state index contributed by atoms with van der Waals surface area (Å²) in [6.07, 6.45) is 5.29. The summed E-state index contributed by atoms with van der Waals surface area (Å²) in [7, 11) is 0. The minimum Gasteiger partial charge on any atom is -0.505 e. The van der Waals surface area contributed by atoms with E-state index in [0.717, 1.165) is 33.6 Å². The van der Waals surface area contributed by atoms with E-state index < -0.39 is 0 Å². The molecule has 4 aromatic rings. The number of phenols is 1. The maximum absolute atomic E-state index is 11.1.